The number of carboxylic acid groups (broad SMARTS) is 1. The summed E-state index contributed by atoms with van der Waals surface area (Å²) in [5, 5.41) is 13.8. The molecule has 2 amide bonds. The van der Waals surface area contributed by atoms with Gasteiger partial charge in [0, 0.05) is 24.8 Å². The fraction of sp³-hybridized carbons (Fsp3) is 0.583. The SMILES string of the molecule is NCC1c2nn(CCC(N)C(=O)O)cc2[C@H]2CN1C(=O)N2OS(=O)(=O)O. The molecular weight excluding hydrogens is 372 g/mol. The smallest absolute Gasteiger partial charge is 0.418 e. The van der Waals surface area contributed by atoms with Crippen LogP contribution in [0.1, 0.15) is 29.8 Å². The van der Waals surface area contributed by atoms with Crippen LogP contribution in [0.15, 0.2) is 6.20 Å². The van der Waals surface area contributed by atoms with Crippen molar-refractivity contribution < 1.29 is 31.9 Å². The van der Waals surface area contributed by atoms with E-state index in [0.29, 0.717) is 16.3 Å². The molecule has 0 saturated carbocycles. The number of urea groups is 1. The zero-order valence-corrected chi connectivity index (χ0v) is 14.2. The fourth-order valence-corrected chi connectivity index (χ4v) is 3.50. The van der Waals surface area contributed by atoms with Crippen molar-refractivity contribution in [2.24, 2.45) is 11.5 Å². The molecule has 1 aromatic heterocycles. The molecule has 1 aromatic rings. The zero-order valence-electron chi connectivity index (χ0n) is 13.4. The van der Waals surface area contributed by atoms with E-state index in [4.69, 9.17) is 21.1 Å². The molecule has 144 valence electrons. The number of aliphatic carboxylic acids is 1. The molecule has 2 aliphatic heterocycles. The highest BCUT2D eigenvalue weighted by atomic mass is 32.3. The van der Waals surface area contributed by atoms with Crippen LogP contribution in [-0.2, 0) is 26.0 Å². The largest absolute Gasteiger partial charge is 0.480 e. The minimum absolute atomic E-state index is 0.0385. The van der Waals surface area contributed by atoms with E-state index in [1.54, 1.807) is 6.20 Å². The first-order valence-corrected chi connectivity index (χ1v) is 9.01. The molecule has 1 fully saturated rings. The van der Waals surface area contributed by atoms with E-state index in [0.717, 1.165) is 0 Å². The van der Waals surface area contributed by atoms with Gasteiger partial charge in [-0.05, 0) is 6.42 Å². The summed E-state index contributed by atoms with van der Waals surface area (Å²) >= 11 is 0. The van der Waals surface area contributed by atoms with Gasteiger partial charge in [0.15, 0.2) is 0 Å². The Labute approximate surface area is 148 Å². The lowest BCUT2D eigenvalue weighted by atomic mass is 9.98. The molecular formula is C12H18N6O7S. The summed E-state index contributed by atoms with van der Waals surface area (Å²) < 4.78 is 36.9. The van der Waals surface area contributed by atoms with E-state index < -0.39 is 40.5 Å². The van der Waals surface area contributed by atoms with Crippen LogP contribution in [0, 0.1) is 0 Å². The van der Waals surface area contributed by atoms with E-state index in [1.807, 2.05) is 0 Å². The molecule has 2 unspecified atom stereocenters. The Morgan fingerprint density at radius 3 is 2.77 bits per heavy atom. The molecule has 1 saturated heterocycles. The van der Waals surface area contributed by atoms with Crippen LogP contribution in [-0.4, -0.2) is 69.0 Å². The number of hydrogen-bond acceptors (Lipinski definition) is 8. The average molecular weight is 390 g/mol. The number of nitrogens with two attached hydrogens (primary N) is 2. The van der Waals surface area contributed by atoms with Gasteiger partial charge in [0.05, 0.1) is 18.3 Å². The highest BCUT2D eigenvalue weighted by molar-refractivity contribution is 7.80. The third-order valence-electron chi connectivity index (χ3n) is 4.34. The van der Waals surface area contributed by atoms with Gasteiger partial charge in [0.2, 0.25) is 0 Å². The molecule has 6 N–H and O–H groups in total. The Kier molecular flexibility index (Phi) is 4.61. The van der Waals surface area contributed by atoms with Crippen molar-refractivity contribution in [2.75, 3.05) is 13.1 Å². The second-order valence-corrected chi connectivity index (χ2v) is 7.00. The van der Waals surface area contributed by atoms with Crippen LogP contribution >= 0.6 is 0 Å². The summed E-state index contributed by atoms with van der Waals surface area (Å²) in [4.78, 5) is 24.5. The van der Waals surface area contributed by atoms with Gasteiger partial charge in [-0.1, -0.05) is 0 Å². The maximum Gasteiger partial charge on any atom is 0.418 e. The molecule has 3 atom stereocenters. The van der Waals surface area contributed by atoms with Gasteiger partial charge in [-0.25, -0.2) is 4.79 Å². The molecule has 0 spiro atoms. The van der Waals surface area contributed by atoms with Crippen molar-refractivity contribution in [3.63, 3.8) is 0 Å². The maximum atomic E-state index is 12.4. The van der Waals surface area contributed by atoms with Gasteiger partial charge in [-0.15, -0.1) is 4.28 Å². The predicted octanol–water partition coefficient (Wildman–Crippen LogP) is -1.79. The van der Waals surface area contributed by atoms with E-state index in [2.05, 4.69) is 9.38 Å². The number of amides is 2. The number of rotatable bonds is 7. The lowest BCUT2D eigenvalue weighted by Crippen LogP contribution is -2.38. The topological polar surface area (TPSA) is 194 Å². The molecule has 3 heterocycles. The Hall–Kier alpha value is -2.26. The molecule has 0 aromatic carbocycles. The molecule has 3 rings (SSSR count). The maximum absolute atomic E-state index is 12.4. The van der Waals surface area contributed by atoms with Crippen molar-refractivity contribution in [2.45, 2.75) is 31.1 Å². The lowest BCUT2D eigenvalue weighted by molar-refractivity contribution is -0.138. The summed E-state index contributed by atoms with van der Waals surface area (Å²) in [6, 6.07) is -3.20. The van der Waals surface area contributed by atoms with Crippen LogP contribution in [0.5, 0.6) is 0 Å². The average Bonchev–Trinajstić information content (AvgIpc) is 3.08. The number of hydrogen-bond donors (Lipinski definition) is 4. The van der Waals surface area contributed by atoms with Crippen LogP contribution in [0.25, 0.3) is 0 Å². The van der Waals surface area contributed by atoms with Crippen molar-refractivity contribution in [3.05, 3.63) is 17.5 Å². The van der Waals surface area contributed by atoms with Gasteiger partial charge < -0.3 is 21.5 Å². The number of carbonyl (C=O) groups excluding carboxylic acids is 1. The second-order valence-electron chi connectivity index (χ2n) is 6.00. The number of fused-ring (bicyclic) bond motifs is 4. The van der Waals surface area contributed by atoms with Crippen LogP contribution in [0.4, 0.5) is 4.79 Å². The van der Waals surface area contributed by atoms with Gasteiger partial charge >= 0.3 is 22.4 Å². The minimum Gasteiger partial charge on any atom is -0.480 e. The standard InChI is InChI=1S/C12H18N6O7S/c13-3-8-10-6(4-16(15-10)2-1-7(14)11(19)20)9-5-17(8)12(21)18(9)25-26(22,23)24/h4,7-9H,1-3,5,13-14H2,(H,19,20)(H,22,23,24)/t7?,8?,9-/m1/s1. The second kappa shape index (κ2) is 6.48. The van der Waals surface area contributed by atoms with E-state index in [-0.39, 0.29) is 26.1 Å². The highest BCUT2D eigenvalue weighted by Crippen LogP contribution is 2.43. The lowest BCUT2D eigenvalue weighted by Gasteiger charge is -2.28. The molecule has 2 bridgehead atoms. The first-order valence-electron chi connectivity index (χ1n) is 7.65. The van der Waals surface area contributed by atoms with Crippen molar-refractivity contribution in [1.29, 1.82) is 0 Å². The summed E-state index contributed by atoms with van der Waals surface area (Å²) in [6.07, 6.45) is 1.69. The first-order chi connectivity index (χ1) is 12.1. The molecule has 0 aliphatic carbocycles. The molecule has 2 aliphatic rings. The van der Waals surface area contributed by atoms with E-state index in [1.165, 1.54) is 9.58 Å². The quantitative estimate of drug-likeness (QED) is 0.386. The number of hydroxylamine groups is 2. The molecule has 14 heteroatoms. The van der Waals surface area contributed by atoms with Crippen LogP contribution < -0.4 is 11.5 Å². The third-order valence-corrected chi connectivity index (χ3v) is 4.69. The van der Waals surface area contributed by atoms with Gasteiger partial charge in [-0.3, -0.25) is 14.0 Å². The Morgan fingerprint density at radius 1 is 1.50 bits per heavy atom. The van der Waals surface area contributed by atoms with Crippen molar-refractivity contribution in [1.82, 2.24) is 19.7 Å². The van der Waals surface area contributed by atoms with Gasteiger partial charge in [0.25, 0.3) is 0 Å². The molecule has 26 heavy (non-hydrogen) atoms. The predicted molar refractivity (Wildman–Crippen MR) is 83.6 cm³/mol. The van der Waals surface area contributed by atoms with Gasteiger partial charge in [-0.2, -0.15) is 18.6 Å². The Bertz CT molecular complexity index is 839. The van der Waals surface area contributed by atoms with Crippen LogP contribution in [0.2, 0.25) is 0 Å². The summed E-state index contributed by atoms with van der Waals surface area (Å²) in [6.45, 7) is 0.359. The number of aryl methyl sites for hydroxylation is 1. The summed E-state index contributed by atoms with van der Waals surface area (Å²) in [5.41, 5.74) is 12.2. The highest BCUT2D eigenvalue weighted by Gasteiger charge is 2.51. The number of nitrogens with zero attached hydrogens (tertiary/aromatic N) is 4. The Balaban J connectivity index is 1.90. The Morgan fingerprint density at radius 2 is 2.19 bits per heavy atom. The monoisotopic (exact) mass is 390 g/mol. The number of carboxylic acids is 1. The van der Waals surface area contributed by atoms with Gasteiger partial charge in [0.1, 0.15) is 12.1 Å². The first kappa shape index (κ1) is 18.5. The van der Waals surface area contributed by atoms with Crippen LogP contribution in [0.3, 0.4) is 0 Å². The third kappa shape index (κ3) is 3.24. The molecule has 13 nitrogen and oxygen atoms in total. The van der Waals surface area contributed by atoms with Crippen molar-refractivity contribution in [3.8, 4) is 0 Å². The zero-order chi connectivity index (χ0) is 19.2. The van der Waals surface area contributed by atoms with E-state index in [9.17, 15) is 18.0 Å². The number of carbonyl (C=O) groups is 2. The normalized spacial score (nSPS) is 23.3. The van der Waals surface area contributed by atoms with E-state index >= 15 is 0 Å². The van der Waals surface area contributed by atoms with Crippen molar-refractivity contribution >= 4 is 22.4 Å². The number of aromatic nitrogens is 2. The summed E-state index contributed by atoms with van der Waals surface area (Å²) in [7, 11) is -4.89. The molecule has 0 radical (unpaired) electrons. The summed E-state index contributed by atoms with van der Waals surface area (Å²) in [5.74, 6) is -1.13. The fourth-order valence-electron chi connectivity index (χ4n) is 3.13. The minimum atomic E-state index is -4.89.